The van der Waals surface area contributed by atoms with E-state index in [-0.39, 0.29) is 10.9 Å². The second-order valence-corrected chi connectivity index (χ2v) is 5.88. The summed E-state index contributed by atoms with van der Waals surface area (Å²) in [5.74, 6) is 0. The Morgan fingerprint density at radius 3 is 2.00 bits per heavy atom. The van der Waals surface area contributed by atoms with Crippen LogP contribution in [0.1, 0.15) is 18.5 Å². The van der Waals surface area contributed by atoms with Crippen LogP contribution in [0, 0.1) is 0 Å². The molecule has 0 aliphatic rings. The number of nitrogens with one attached hydrogen (secondary N) is 2. The maximum absolute atomic E-state index is 12.0. The Balaban J connectivity index is 2.03. The van der Waals surface area contributed by atoms with Gasteiger partial charge < -0.3 is 0 Å². The van der Waals surface area contributed by atoms with Crippen LogP contribution in [0.15, 0.2) is 65.6 Å². The van der Waals surface area contributed by atoms with Crippen molar-refractivity contribution in [2.75, 3.05) is 0 Å². The third-order valence-corrected chi connectivity index (χ3v) is 4.04. The van der Waals surface area contributed by atoms with Crippen LogP contribution in [0.2, 0.25) is 0 Å². The SMILES string of the molecule is C[C@H](NNS(=O)(=O)c1ccccc1)c1ccccc1. The molecular weight excluding hydrogens is 260 g/mol. The van der Waals surface area contributed by atoms with Crippen molar-refractivity contribution in [2.24, 2.45) is 0 Å². The highest BCUT2D eigenvalue weighted by atomic mass is 32.2. The molecule has 0 aliphatic carbocycles. The van der Waals surface area contributed by atoms with Crippen molar-refractivity contribution in [1.29, 1.82) is 0 Å². The van der Waals surface area contributed by atoms with Crippen LogP contribution >= 0.6 is 0 Å². The second-order valence-electron chi connectivity index (χ2n) is 4.20. The van der Waals surface area contributed by atoms with Gasteiger partial charge in [0, 0.05) is 6.04 Å². The van der Waals surface area contributed by atoms with E-state index in [9.17, 15) is 8.42 Å². The molecule has 1 atom stereocenters. The van der Waals surface area contributed by atoms with Crippen LogP contribution in [0.5, 0.6) is 0 Å². The van der Waals surface area contributed by atoms with Crippen molar-refractivity contribution in [3.63, 3.8) is 0 Å². The number of hydrogen-bond donors (Lipinski definition) is 2. The van der Waals surface area contributed by atoms with Gasteiger partial charge in [-0.05, 0) is 24.6 Å². The van der Waals surface area contributed by atoms with E-state index in [0.717, 1.165) is 5.56 Å². The summed E-state index contributed by atoms with van der Waals surface area (Å²) >= 11 is 0. The third-order valence-electron chi connectivity index (χ3n) is 2.76. The lowest BCUT2D eigenvalue weighted by Crippen LogP contribution is -2.38. The van der Waals surface area contributed by atoms with Gasteiger partial charge in [-0.25, -0.2) is 13.8 Å². The fraction of sp³-hybridized carbons (Fsp3) is 0.143. The van der Waals surface area contributed by atoms with Crippen LogP contribution in [0.3, 0.4) is 0 Å². The first-order valence-electron chi connectivity index (χ1n) is 5.97. The Bertz CT molecular complexity index is 612. The molecule has 0 heterocycles. The van der Waals surface area contributed by atoms with Gasteiger partial charge in [-0.2, -0.15) is 0 Å². The van der Waals surface area contributed by atoms with Gasteiger partial charge in [0.2, 0.25) is 0 Å². The summed E-state index contributed by atoms with van der Waals surface area (Å²) in [6.07, 6.45) is 0. The maximum Gasteiger partial charge on any atom is 0.253 e. The first-order chi connectivity index (χ1) is 9.09. The summed E-state index contributed by atoms with van der Waals surface area (Å²) in [7, 11) is -3.52. The predicted octanol–water partition coefficient (Wildman–Crippen LogP) is 2.23. The summed E-state index contributed by atoms with van der Waals surface area (Å²) in [6, 6.07) is 17.8. The first-order valence-corrected chi connectivity index (χ1v) is 7.45. The minimum atomic E-state index is -3.52. The number of hydrazine groups is 1. The standard InChI is InChI=1S/C14H16N2O2S/c1-12(13-8-4-2-5-9-13)15-16-19(17,18)14-10-6-3-7-11-14/h2-12,15-16H,1H3/t12-/m0/s1. The topological polar surface area (TPSA) is 58.2 Å². The molecule has 0 amide bonds. The van der Waals surface area contributed by atoms with Gasteiger partial charge in [0.05, 0.1) is 4.90 Å². The fourth-order valence-corrected chi connectivity index (χ4v) is 2.61. The van der Waals surface area contributed by atoms with Crippen molar-refractivity contribution in [3.05, 3.63) is 66.2 Å². The Morgan fingerprint density at radius 2 is 1.42 bits per heavy atom. The summed E-state index contributed by atoms with van der Waals surface area (Å²) in [6.45, 7) is 1.89. The first kappa shape index (κ1) is 13.7. The number of benzene rings is 2. The molecule has 0 unspecified atom stereocenters. The maximum atomic E-state index is 12.0. The average Bonchev–Trinajstić information content (AvgIpc) is 2.47. The van der Waals surface area contributed by atoms with E-state index in [1.807, 2.05) is 37.3 Å². The van der Waals surface area contributed by atoms with Crippen LogP contribution in [0.4, 0.5) is 0 Å². The molecule has 0 fully saturated rings. The van der Waals surface area contributed by atoms with Gasteiger partial charge in [0.15, 0.2) is 0 Å². The molecule has 2 rings (SSSR count). The van der Waals surface area contributed by atoms with Crippen LogP contribution in [-0.2, 0) is 10.0 Å². The van der Waals surface area contributed by atoms with Gasteiger partial charge in [-0.1, -0.05) is 48.5 Å². The molecule has 0 aliphatic heterocycles. The van der Waals surface area contributed by atoms with Gasteiger partial charge >= 0.3 is 0 Å². The van der Waals surface area contributed by atoms with Crippen LogP contribution in [0.25, 0.3) is 0 Å². The van der Waals surface area contributed by atoms with E-state index in [1.165, 1.54) is 0 Å². The molecule has 0 bridgehead atoms. The Kier molecular flexibility index (Phi) is 4.31. The molecule has 0 saturated heterocycles. The lowest BCUT2D eigenvalue weighted by atomic mass is 10.1. The molecular formula is C14H16N2O2S. The lowest BCUT2D eigenvalue weighted by Gasteiger charge is -2.15. The molecule has 100 valence electrons. The van der Waals surface area contributed by atoms with Crippen LogP contribution < -0.4 is 10.3 Å². The highest BCUT2D eigenvalue weighted by Crippen LogP contribution is 2.11. The number of rotatable bonds is 5. The average molecular weight is 276 g/mol. The molecule has 0 aromatic heterocycles. The van der Waals surface area contributed by atoms with Crippen molar-refractivity contribution in [3.8, 4) is 0 Å². The predicted molar refractivity (Wildman–Crippen MR) is 74.8 cm³/mol. The van der Waals surface area contributed by atoms with E-state index < -0.39 is 10.0 Å². The quantitative estimate of drug-likeness (QED) is 0.823. The van der Waals surface area contributed by atoms with Gasteiger partial charge in [0.25, 0.3) is 10.0 Å². The van der Waals surface area contributed by atoms with Crippen molar-refractivity contribution < 1.29 is 8.42 Å². The minimum absolute atomic E-state index is 0.111. The minimum Gasteiger partial charge on any atom is -0.237 e. The normalized spacial score (nSPS) is 13.1. The molecule has 0 saturated carbocycles. The van der Waals surface area contributed by atoms with Crippen molar-refractivity contribution >= 4 is 10.0 Å². The summed E-state index contributed by atoms with van der Waals surface area (Å²) in [5.41, 5.74) is 3.81. The summed E-state index contributed by atoms with van der Waals surface area (Å²) < 4.78 is 24.0. The lowest BCUT2D eigenvalue weighted by molar-refractivity contribution is 0.514. The van der Waals surface area contributed by atoms with E-state index in [2.05, 4.69) is 10.3 Å². The molecule has 2 N–H and O–H groups in total. The van der Waals surface area contributed by atoms with E-state index in [4.69, 9.17) is 0 Å². The molecule has 5 heteroatoms. The fourth-order valence-electron chi connectivity index (χ4n) is 1.65. The zero-order chi connectivity index (χ0) is 13.7. The van der Waals surface area contributed by atoms with E-state index in [1.54, 1.807) is 30.3 Å². The van der Waals surface area contributed by atoms with Gasteiger partial charge in [-0.15, -0.1) is 4.83 Å². The Labute approximate surface area is 113 Å². The number of sulfonamides is 1. The molecule has 0 spiro atoms. The Morgan fingerprint density at radius 1 is 0.895 bits per heavy atom. The second kappa shape index (κ2) is 5.97. The summed E-state index contributed by atoms with van der Waals surface area (Å²) in [4.78, 5) is 2.63. The van der Waals surface area contributed by atoms with Gasteiger partial charge in [-0.3, -0.25) is 0 Å². The van der Waals surface area contributed by atoms with E-state index >= 15 is 0 Å². The molecule has 2 aromatic rings. The largest absolute Gasteiger partial charge is 0.253 e. The molecule has 0 radical (unpaired) electrons. The molecule has 19 heavy (non-hydrogen) atoms. The molecule has 2 aromatic carbocycles. The third kappa shape index (κ3) is 3.64. The van der Waals surface area contributed by atoms with Crippen LogP contribution in [-0.4, -0.2) is 8.42 Å². The zero-order valence-corrected chi connectivity index (χ0v) is 11.4. The summed E-state index contributed by atoms with van der Waals surface area (Å²) in [5, 5.41) is 0. The van der Waals surface area contributed by atoms with Crippen molar-refractivity contribution in [2.45, 2.75) is 17.9 Å². The van der Waals surface area contributed by atoms with E-state index in [0.29, 0.717) is 0 Å². The number of hydrogen-bond acceptors (Lipinski definition) is 3. The van der Waals surface area contributed by atoms with Crippen molar-refractivity contribution in [1.82, 2.24) is 10.3 Å². The zero-order valence-electron chi connectivity index (χ0n) is 10.6. The molecule has 4 nitrogen and oxygen atoms in total. The smallest absolute Gasteiger partial charge is 0.237 e. The highest BCUT2D eigenvalue weighted by molar-refractivity contribution is 7.89. The monoisotopic (exact) mass is 276 g/mol. The highest BCUT2D eigenvalue weighted by Gasteiger charge is 2.14. The van der Waals surface area contributed by atoms with Gasteiger partial charge in [0.1, 0.15) is 0 Å². The Hall–Kier alpha value is -1.69.